The van der Waals surface area contributed by atoms with Crippen molar-refractivity contribution in [2.45, 2.75) is 19.8 Å². The summed E-state index contributed by atoms with van der Waals surface area (Å²) in [7, 11) is 0. The maximum Gasteiger partial charge on any atom is 0.00718 e. The summed E-state index contributed by atoms with van der Waals surface area (Å²) < 4.78 is 0. The summed E-state index contributed by atoms with van der Waals surface area (Å²) in [5.74, 6) is 0. The molecule has 0 saturated carbocycles. The van der Waals surface area contributed by atoms with Crippen LogP contribution < -0.4 is 0 Å². The molecule has 0 atom stereocenters. The van der Waals surface area contributed by atoms with Gasteiger partial charge in [-0.05, 0) is 24.0 Å². The highest BCUT2D eigenvalue weighted by atomic mass is 79.9. The predicted molar refractivity (Wildman–Crippen MR) is 53.3 cm³/mol. The quantitative estimate of drug-likeness (QED) is 0.676. The molecule has 0 nitrogen and oxygen atoms in total. The Hall–Kier alpha value is -0.300. The van der Waals surface area contributed by atoms with Gasteiger partial charge in [0.25, 0.3) is 0 Å². The van der Waals surface area contributed by atoms with Crippen molar-refractivity contribution in [3.63, 3.8) is 0 Å². The third kappa shape index (κ3) is 2.66. The standard InChI is InChI=1S/C10H13Br/c1-2-9-3-5-10(6-4-9)7-8-11/h3-6H,2,7-8H2,1H3. The second-order valence-corrected chi connectivity index (χ2v) is 3.40. The molecule has 0 amide bonds. The lowest BCUT2D eigenvalue weighted by Gasteiger charge is -1.99. The highest BCUT2D eigenvalue weighted by Crippen LogP contribution is 2.06. The van der Waals surface area contributed by atoms with Crippen LogP contribution in [0.25, 0.3) is 0 Å². The van der Waals surface area contributed by atoms with Gasteiger partial charge in [0.2, 0.25) is 0 Å². The van der Waals surface area contributed by atoms with Crippen molar-refractivity contribution >= 4 is 15.9 Å². The summed E-state index contributed by atoms with van der Waals surface area (Å²) in [4.78, 5) is 0. The zero-order valence-electron chi connectivity index (χ0n) is 6.81. The van der Waals surface area contributed by atoms with Crippen LogP contribution in [-0.4, -0.2) is 5.33 Å². The van der Waals surface area contributed by atoms with Gasteiger partial charge in [-0.2, -0.15) is 0 Å². The molecule has 0 spiro atoms. The Labute approximate surface area is 76.8 Å². The number of rotatable bonds is 3. The third-order valence-electron chi connectivity index (χ3n) is 1.81. The zero-order valence-corrected chi connectivity index (χ0v) is 8.39. The molecule has 1 aromatic carbocycles. The van der Waals surface area contributed by atoms with Crippen LogP contribution in [0.15, 0.2) is 24.3 Å². The van der Waals surface area contributed by atoms with E-state index in [9.17, 15) is 0 Å². The summed E-state index contributed by atoms with van der Waals surface area (Å²) >= 11 is 3.42. The second-order valence-electron chi connectivity index (χ2n) is 2.61. The highest BCUT2D eigenvalue weighted by Gasteiger charge is 1.91. The smallest absolute Gasteiger partial charge is 0.00718 e. The molecule has 1 aromatic rings. The van der Waals surface area contributed by atoms with Gasteiger partial charge >= 0.3 is 0 Å². The Bertz CT molecular complexity index is 201. The van der Waals surface area contributed by atoms with Crippen molar-refractivity contribution in [3.05, 3.63) is 35.4 Å². The fraction of sp³-hybridized carbons (Fsp3) is 0.400. The van der Waals surface area contributed by atoms with E-state index in [0.29, 0.717) is 0 Å². The van der Waals surface area contributed by atoms with E-state index in [-0.39, 0.29) is 0 Å². The van der Waals surface area contributed by atoms with Gasteiger partial charge in [0.15, 0.2) is 0 Å². The summed E-state index contributed by atoms with van der Waals surface area (Å²) in [6.07, 6.45) is 2.26. The predicted octanol–water partition coefficient (Wildman–Crippen LogP) is 3.19. The Morgan fingerprint density at radius 1 is 1.09 bits per heavy atom. The number of halogens is 1. The van der Waals surface area contributed by atoms with Gasteiger partial charge in [0.05, 0.1) is 0 Å². The summed E-state index contributed by atoms with van der Waals surface area (Å²) in [6.45, 7) is 2.18. The van der Waals surface area contributed by atoms with Crippen molar-refractivity contribution in [1.82, 2.24) is 0 Å². The van der Waals surface area contributed by atoms with Gasteiger partial charge < -0.3 is 0 Å². The molecule has 0 saturated heterocycles. The monoisotopic (exact) mass is 212 g/mol. The number of hydrogen-bond acceptors (Lipinski definition) is 0. The molecule has 11 heavy (non-hydrogen) atoms. The van der Waals surface area contributed by atoms with E-state index in [4.69, 9.17) is 0 Å². The van der Waals surface area contributed by atoms with E-state index in [1.54, 1.807) is 0 Å². The van der Waals surface area contributed by atoms with Crippen molar-refractivity contribution in [3.8, 4) is 0 Å². The summed E-state index contributed by atoms with van der Waals surface area (Å²) in [5.41, 5.74) is 2.84. The van der Waals surface area contributed by atoms with Crippen LogP contribution in [0, 0.1) is 0 Å². The number of hydrogen-bond donors (Lipinski definition) is 0. The number of aryl methyl sites for hydroxylation is 2. The normalized spacial score (nSPS) is 10.0. The first kappa shape index (κ1) is 8.79. The Morgan fingerprint density at radius 2 is 1.64 bits per heavy atom. The molecule has 1 rings (SSSR count). The fourth-order valence-corrected chi connectivity index (χ4v) is 1.51. The van der Waals surface area contributed by atoms with Crippen LogP contribution in [0.5, 0.6) is 0 Å². The van der Waals surface area contributed by atoms with Crippen molar-refractivity contribution in [2.24, 2.45) is 0 Å². The molecular formula is C10H13Br. The fourth-order valence-electron chi connectivity index (χ4n) is 1.05. The Balaban J connectivity index is 2.66. The van der Waals surface area contributed by atoms with Gasteiger partial charge in [-0.25, -0.2) is 0 Å². The molecule has 0 N–H and O–H groups in total. The molecule has 0 radical (unpaired) electrons. The molecule has 0 aliphatic heterocycles. The Kier molecular flexibility index (Phi) is 3.64. The van der Waals surface area contributed by atoms with Crippen LogP contribution in [0.1, 0.15) is 18.1 Å². The lowest BCUT2D eigenvalue weighted by atomic mass is 10.1. The van der Waals surface area contributed by atoms with Crippen LogP contribution in [0.2, 0.25) is 0 Å². The van der Waals surface area contributed by atoms with E-state index in [0.717, 1.165) is 18.2 Å². The highest BCUT2D eigenvalue weighted by molar-refractivity contribution is 9.09. The lowest BCUT2D eigenvalue weighted by molar-refractivity contribution is 1.11. The van der Waals surface area contributed by atoms with Gasteiger partial charge in [0.1, 0.15) is 0 Å². The summed E-state index contributed by atoms with van der Waals surface area (Å²) in [6, 6.07) is 8.83. The molecular weight excluding hydrogens is 200 g/mol. The molecule has 60 valence electrons. The molecule has 0 unspecified atom stereocenters. The lowest BCUT2D eigenvalue weighted by Crippen LogP contribution is -1.86. The molecule has 0 aromatic heterocycles. The van der Waals surface area contributed by atoms with E-state index < -0.39 is 0 Å². The molecule has 0 bridgehead atoms. The van der Waals surface area contributed by atoms with Crippen molar-refractivity contribution in [2.75, 3.05) is 5.33 Å². The molecule has 0 aliphatic rings. The van der Waals surface area contributed by atoms with Crippen LogP contribution in [0.4, 0.5) is 0 Å². The second kappa shape index (κ2) is 4.55. The average molecular weight is 213 g/mol. The van der Waals surface area contributed by atoms with E-state index in [2.05, 4.69) is 47.1 Å². The maximum atomic E-state index is 3.42. The van der Waals surface area contributed by atoms with Gasteiger partial charge in [-0.1, -0.05) is 47.1 Å². The first-order valence-electron chi connectivity index (χ1n) is 4.00. The number of benzene rings is 1. The van der Waals surface area contributed by atoms with Gasteiger partial charge in [-0.3, -0.25) is 0 Å². The minimum absolute atomic E-state index is 1.05. The SMILES string of the molecule is CCc1ccc(CCBr)cc1. The topological polar surface area (TPSA) is 0 Å². The van der Waals surface area contributed by atoms with Gasteiger partial charge in [0, 0.05) is 5.33 Å². The van der Waals surface area contributed by atoms with E-state index in [1.165, 1.54) is 11.1 Å². The third-order valence-corrected chi connectivity index (χ3v) is 2.21. The molecule has 0 heterocycles. The molecule has 0 aliphatic carbocycles. The van der Waals surface area contributed by atoms with Crippen LogP contribution in [0.3, 0.4) is 0 Å². The average Bonchev–Trinajstić information content (AvgIpc) is 2.07. The first-order valence-corrected chi connectivity index (χ1v) is 5.12. The largest absolute Gasteiger partial charge is 0.0924 e. The van der Waals surface area contributed by atoms with Crippen LogP contribution >= 0.6 is 15.9 Å². The number of alkyl halides is 1. The van der Waals surface area contributed by atoms with E-state index >= 15 is 0 Å². The van der Waals surface area contributed by atoms with Crippen molar-refractivity contribution < 1.29 is 0 Å². The van der Waals surface area contributed by atoms with Crippen LogP contribution in [-0.2, 0) is 12.8 Å². The molecule has 1 heteroatoms. The zero-order chi connectivity index (χ0) is 8.10. The Morgan fingerprint density at radius 3 is 2.09 bits per heavy atom. The van der Waals surface area contributed by atoms with Gasteiger partial charge in [-0.15, -0.1) is 0 Å². The van der Waals surface area contributed by atoms with E-state index in [1.807, 2.05) is 0 Å². The van der Waals surface area contributed by atoms with Crippen molar-refractivity contribution in [1.29, 1.82) is 0 Å². The minimum atomic E-state index is 1.05. The summed E-state index contributed by atoms with van der Waals surface area (Å²) in [5, 5.41) is 1.05. The maximum absolute atomic E-state index is 3.42. The first-order chi connectivity index (χ1) is 5.36. The minimum Gasteiger partial charge on any atom is -0.0924 e. The molecule has 0 fully saturated rings.